The van der Waals surface area contributed by atoms with Gasteiger partial charge in [-0.15, -0.1) is 0 Å². The molecule has 0 spiro atoms. The Bertz CT molecular complexity index is 1670. The Morgan fingerprint density at radius 2 is 1.31 bits per heavy atom. The number of carbonyl (C=O) groups excluding carboxylic acids is 4. The molecule has 0 bridgehead atoms. The summed E-state index contributed by atoms with van der Waals surface area (Å²) in [7, 11) is 0. The molecule has 55 heavy (non-hydrogen) atoms. The van der Waals surface area contributed by atoms with E-state index in [1.54, 1.807) is 95.2 Å². The Balaban J connectivity index is 1.77. The minimum atomic E-state index is -1.27. The summed E-state index contributed by atoms with van der Waals surface area (Å²) in [4.78, 5) is 53.7. The van der Waals surface area contributed by atoms with Crippen LogP contribution in [0, 0.1) is 21.7 Å². The number of ether oxygens (including phenoxy) is 7. The second-order valence-electron chi connectivity index (χ2n) is 18.6. The summed E-state index contributed by atoms with van der Waals surface area (Å²) >= 11 is 6.77. The molecule has 2 aromatic rings. The first kappa shape index (κ1) is 44.0. The Morgan fingerprint density at radius 3 is 1.84 bits per heavy atom. The fourth-order valence-corrected chi connectivity index (χ4v) is 5.79. The zero-order chi connectivity index (χ0) is 41.1. The van der Waals surface area contributed by atoms with Crippen molar-refractivity contribution in [2.24, 2.45) is 21.7 Å². The Morgan fingerprint density at radius 1 is 0.745 bits per heavy atom. The molecular formula is C43H59ClO11. The summed E-state index contributed by atoms with van der Waals surface area (Å²) in [6.45, 7) is 21.3. The van der Waals surface area contributed by atoms with Crippen LogP contribution < -0.4 is 4.74 Å². The van der Waals surface area contributed by atoms with Crippen molar-refractivity contribution in [2.45, 2.75) is 133 Å². The van der Waals surface area contributed by atoms with Gasteiger partial charge < -0.3 is 33.2 Å². The predicted molar refractivity (Wildman–Crippen MR) is 207 cm³/mol. The molecule has 6 atom stereocenters. The van der Waals surface area contributed by atoms with Gasteiger partial charge in [0.2, 0.25) is 0 Å². The lowest BCUT2D eigenvalue weighted by Crippen LogP contribution is -2.49. The third-order valence-corrected chi connectivity index (χ3v) is 9.46. The van der Waals surface area contributed by atoms with Gasteiger partial charge in [-0.2, -0.15) is 0 Å². The van der Waals surface area contributed by atoms with E-state index in [0.29, 0.717) is 30.2 Å². The fraction of sp³-hybridized carbons (Fsp3) is 0.628. The summed E-state index contributed by atoms with van der Waals surface area (Å²) in [6, 6.07) is 13.1. The first-order chi connectivity index (χ1) is 25.3. The molecule has 0 saturated carbocycles. The van der Waals surface area contributed by atoms with Crippen molar-refractivity contribution >= 4 is 35.5 Å². The van der Waals surface area contributed by atoms with E-state index < -0.39 is 82.7 Å². The van der Waals surface area contributed by atoms with Gasteiger partial charge in [0.05, 0.1) is 34.9 Å². The quantitative estimate of drug-likeness (QED) is 0.162. The van der Waals surface area contributed by atoms with Gasteiger partial charge in [0.25, 0.3) is 0 Å². The van der Waals surface area contributed by atoms with Crippen molar-refractivity contribution in [1.82, 2.24) is 0 Å². The van der Waals surface area contributed by atoms with E-state index in [4.69, 9.17) is 44.8 Å². The average Bonchev–Trinajstić information content (AvgIpc) is 3.71. The predicted octanol–water partition coefficient (Wildman–Crippen LogP) is 8.00. The van der Waals surface area contributed by atoms with Gasteiger partial charge in [0.15, 0.2) is 18.3 Å². The van der Waals surface area contributed by atoms with Crippen LogP contribution in [0.5, 0.6) is 5.75 Å². The standard InChI is InChI=1S/C43H59ClO11/c1-40(2,3)36(45)50-24-31(52-37(46)41(4,5)6)33-35(55-39(48)43(10,11)12)34(54-38(47)42(7,8)9)32(53-33)26-15-18-30(44)27(22-26)21-25-13-16-28(17-14-25)51-29-19-20-49-23-29/h13-18,22,29,31-35H,19-21,23-24H2,1-12H3/t29-,31+,32+,33+,34-,35-/m0/s1. The van der Waals surface area contributed by atoms with Gasteiger partial charge in [-0.1, -0.05) is 35.9 Å². The monoisotopic (exact) mass is 786 g/mol. The van der Waals surface area contributed by atoms with Crippen LogP contribution >= 0.6 is 11.6 Å². The lowest BCUT2D eigenvalue weighted by molar-refractivity contribution is -0.189. The van der Waals surface area contributed by atoms with Crippen molar-refractivity contribution in [3.63, 3.8) is 0 Å². The first-order valence-corrected chi connectivity index (χ1v) is 19.3. The lowest BCUT2D eigenvalue weighted by Gasteiger charge is -2.32. The molecule has 12 heteroatoms. The molecule has 2 heterocycles. The van der Waals surface area contributed by atoms with Crippen LogP contribution in [0.4, 0.5) is 0 Å². The second kappa shape index (κ2) is 17.2. The van der Waals surface area contributed by atoms with E-state index in [2.05, 4.69) is 0 Å². The molecule has 2 aliphatic rings. The van der Waals surface area contributed by atoms with Gasteiger partial charge in [-0.25, -0.2) is 0 Å². The van der Waals surface area contributed by atoms with Crippen molar-refractivity contribution < 1.29 is 52.3 Å². The van der Waals surface area contributed by atoms with Gasteiger partial charge in [0.1, 0.15) is 30.7 Å². The number of halogens is 1. The Kier molecular flexibility index (Phi) is 13.8. The summed E-state index contributed by atoms with van der Waals surface area (Å²) in [5.74, 6) is -1.54. The van der Waals surface area contributed by atoms with Crippen molar-refractivity contribution in [2.75, 3.05) is 19.8 Å². The molecule has 304 valence electrons. The number of benzene rings is 2. The lowest BCUT2D eigenvalue weighted by atomic mass is 9.93. The molecule has 2 aliphatic heterocycles. The van der Waals surface area contributed by atoms with Crippen LogP contribution in [0.15, 0.2) is 42.5 Å². The maximum atomic E-state index is 13.6. The SMILES string of the molecule is CC(C)(C)C(=O)OC[C@@H](OC(=O)C(C)(C)C)[C@H]1O[C@H](c2ccc(Cl)c(Cc3ccc(O[C@H]4CCOC4)cc3)c2)[C@H](OC(=O)C(C)(C)C)[C@H]1OC(=O)C(C)(C)C. The highest BCUT2D eigenvalue weighted by Gasteiger charge is 2.55. The van der Waals surface area contributed by atoms with Crippen LogP contribution in [0.1, 0.15) is 112 Å². The van der Waals surface area contributed by atoms with Crippen molar-refractivity contribution in [3.8, 4) is 5.75 Å². The van der Waals surface area contributed by atoms with E-state index >= 15 is 0 Å². The summed E-state index contributed by atoms with van der Waals surface area (Å²) in [5.41, 5.74) is -1.38. The molecule has 2 fully saturated rings. The molecule has 4 rings (SSSR count). The number of hydrogen-bond donors (Lipinski definition) is 0. The summed E-state index contributed by atoms with van der Waals surface area (Å²) in [6.07, 6.45) is -4.61. The highest BCUT2D eigenvalue weighted by Crippen LogP contribution is 2.42. The van der Waals surface area contributed by atoms with E-state index in [1.165, 1.54) is 0 Å². The van der Waals surface area contributed by atoms with Crippen LogP contribution in [0.25, 0.3) is 0 Å². The summed E-state index contributed by atoms with van der Waals surface area (Å²) < 4.78 is 42.3. The van der Waals surface area contributed by atoms with Crippen LogP contribution in [0.3, 0.4) is 0 Å². The maximum Gasteiger partial charge on any atom is 0.311 e. The largest absolute Gasteiger partial charge is 0.488 e. The van der Waals surface area contributed by atoms with E-state index in [1.807, 2.05) is 30.3 Å². The van der Waals surface area contributed by atoms with Gasteiger partial charge in [-0.3, -0.25) is 19.2 Å². The van der Waals surface area contributed by atoms with Crippen molar-refractivity contribution in [1.29, 1.82) is 0 Å². The van der Waals surface area contributed by atoms with Crippen LogP contribution in [-0.4, -0.2) is 74.2 Å². The molecule has 0 aliphatic carbocycles. The molecular weight excluding hydrogens is 728 g/mol. The van der Waals surface area contributed by atoms with Gasteiger partial charge in [-0.05, 0) is 124 Å². The van der Waals surface area contributed by atoms with E-state index in [-0.39, 0.29) is 6.10 Å². The van der Waals surface area contributed by atoms with Gasteiger partial charge in [0, 0.05) is 11.4 Å². The highest BCUT2D eigenvalue weighted by atomic mass is 35.5. The second-order valence-corrected chi connectivity index (χ2v) is 19.0. The zero-order valence-electron chi connectivity index (χ0n) is 34.4. The zero-order valence-corrected chi connectivity index (χ0v) is 35.2. The Labute approximate surface area is 331 Å². The van der Waals surface area contributed by atoms with E-state index in [9.17, 15) is 19.2 Å². The molecule has 2 saturated heterocycles. The van der Waals surface area contributed by atoms with Gasteiger partial charge >= 0.3 is 23.9 Å². The number of carbonyl (C=O) groups is 4. The number of esters is 4. The first-order valence-electron chi connectivity index (χ1n) is 18.9. The van der Waals surface area contributed by atoms with Crippen LogP contribution in [0.2, 0.25) is 5.02 Å². The molecule has 0 radical (unpaired) electrons. The highest BCUT2D eigenvalue weighted by molar-refractivity contribution is 6.31. The normalized spacial score (nSPS) is 22.5. The molecule has 11 nitrogen and oxygen atoms in total. The van der Waals surface area contributed by atoms with Crippen LogP contribution in [-0.2, 0) is 54.0 Å². The average molecular weight is 787 g/mol. The maximum absolute atomic E-state index is 13.6. The molecule has 2 aromatic carbocycles. The Hall–Kier alpha value is -3.67. The minimum absolute atomic E-state index is 0.0289. The minimum Gasteiger partial charge on any atom is -0.488 e. The topological polar surface area (TPSA) is 133 Å². The van der Waals surface area contributed by atoms with E-state index in [0.717, 1.165) is 23.3 Å². The molecule has 0 aromatic heterocycles. The third kappa shape index (κ3) is 11.9. The summed E-state index contributed by atoms with van der Waals surface area (Å²) in [5, 5.41) is 0.506. The molecule has 0 unspecified atom stereocenters. The molecule has 0 N–H and O–H groups in total. The fourth-order valence-electron chi connectivity index (χ4n) is 5.61. The van der Waals surface area contributed by atoms with Crippen molar-refractivity contribution in [3.05, 3.63) is 64.2 Å². The molecule has 0 amide bonds. The smallest absolute Gasteiger partial charge is 0.311 e. The number of rotatable bonds is 11. The third-order valence-electron chi connectivity index (χ3n) is 9.10. The number of hydrogen-bond acceptors (Lipinski definition) is 11.